The van der Waals surface area contributed by atoms with Gasteiger partial charge in [0.2, 0.25) is 0 Å². The van der Waals surface area contributed by atoms with E-state index in [1.807, 2.05) is 35.2 Å². The molecule has 0 spiro atoms. The van der Waals surface area contributed by atoms with Gasteiger partial charge < -0.3 is 9.64 Å². The number of benzene rings is 1. The molecule has 2 heterocycles. The quantitative estimate of drug-likeness (QED) is 0.852. The van der Waals surface area contributed by atoms with Crippen LogP contribution in [0, 0.1) is 6.92 Å². The molecule has 0 radical (unpaired) electrons. The molecule has 1 aromatic heterocycles. The Kier molecular flexibility index (Phi) is 5.03. The van der Waals surface area contributed by atoms with Crippen LogP contribution < -0.4 is 0 Å². The Balaban J connectivity index is 1.80. The summed E-state index contributed by atoms with van der Waals surface area (Å²) in [7, 11) is 0. The zero-order valence-corrected chi connectivity index (χ0v) is 13.4. The van der Waals surface area contributed by atoms with Gasteiger partial charge in [0.05, 0.1) is 12.2 Å². The van der Waals surface area contributed by atoms with Gasteiger partial charge in [-0.3, -0.25) is 9.78 Å². The van der Waals surface area contributed by atoms with Crippen molar-refractivity contribution >= 4 is 5.91 Å². The lowest BCUT2D eigenvalue weighted by Crippen LogP contribution is -2.38. The third-order valence-corrected chi connectivity index (χ3v) is 4.22. The minimum Gasteiger partial charge on any atom is -0.368 e. The second-order valence-corrected chi connectivity index (χ2v) is 5.94. The maximum absolute atomic E-state index is 12.8. The van der Waals surface area contributed by atoms with E-state index in [4.69, 9.17) is 4.74 Å². The van der Waals surface area contributed by atoms with E-state index in [2.05, 4.69) is 24.0 Å². The Morgan fingerprint density at radius 2 is 2.04 bits per heavy atom. The lowest BCUT2D eigenvalue weighted by molar-refractivity contribution is -0.142. The average Bonchev–Trinajstić information content (AvgIpc) is 3.11. The van der Waals surface area contributed by atoms with Crippen molar-refractivity contribution < 1.29 is 9.53 Å². The van der Waals surface area contributed by atoms with Gasteiger partial charge in [-0.15, -0.1) is 0 Å². The van der Waals surface area contributed by atoms with Crippen molar-refractivity contribution in [3.05, 3.63) is 65.5 Å². The van der Waals surface area contributed by atoms with Gasteiger partial charge in [0.15, 0.2) is 0 Å². The number of carbonyl (C=O) groups excluding carboxylic acids is 1. The van der Waals surface area contributed by atoms with E-state index in [0.717, 1.165) is 24.1 Å². The molecular formula is C19H22N2O2. The standard InChI is InChI=1S/C19H22N2O2/c1-15-7-2-3-8-16(15)13-21(14-17-9-4-5-11-20-17)19(22)18-10-6-12-23-18/h2-5,7-9,11,18H,6,10,12-14H2,1H3/t18-/m0/s1. The summed E-state index contributed by atoms with van der Waals surface area (Å²) < 4.78 is 5.59. The van der Waals surface area contributed by atoms with Crippen molar-refractivity contribution in [2.24, 2.45) is 0 Å². The number of pyridine rings is 1. The molecule has 4 heteroatoms. The van der Waals surface area contributed by atoms with Gasteiger partial charge in [-0.25, -0.2) is 0 Å². The number of aromatic nitrogens is 1. The topological polar surface area (TPSA) is 42.4 Å². The SMILES string of the molecule is Cc1ccccc1CN(Cc1ccccn1)C(=O)[C@@H]1CCCO1. The monoisotopic (exact) mass is 310 g/mol. The number of amides is 1. The number of nitrogens with zero attached hydrogens (tertiary/aromatic N) is 2. The second kappa shape index (κ2) is 7.38. The van der Waals surface area contributed by atoms with Gasteiger partial charge in [-0.05, 0) is 43.0 Å². The predicted octanol–water partition coefficient (Wildman–Crippen LogP) is 3.10. The molecule has 1 aromatic carbocycles. The maximum atomic E-state index is 12.8. The first kappa shape index (κ1) is 15.7. The summed E-state index contributed by atoms with van der Waals surface area (Å²) in [4.78, 5) is 19.1. The first-order valence-electron chi connectivity index (χ1n) is 8.09. The van der Waals surface area contributed by atoms with Gasteiger partial charge in [0.25, 0.3) is 5.91 Å². The van der Waals surface area contributed by atoms with Gasteiger partial charge >= 0.3 is 0 Å². The van der Waals surface area contributed by atoms with Crippen LogP contribution in [-0.2, 0) is 22.6 Å². The van der Waals surface area contributed by atoms with Gasteiger partial charge in [-0.2, -0.15) is 0 Å². The summed E-state index contributed by atoms with van der Waals surface area (Å²) in [5, 5.41) is 0. The van der Waals surface area contributed by atoms with Crippen molar-refractivity contribution in [1.29, 1.82) is 0 Å². The van der Waals surface area contributed by atoms with Crippen LogP contribution in [-0.4, -0.2) is 28.5 Å². The molecule has 1 fully saturated rings. The Morgan fingerprint density at radius 1 is 1.22 bits per heavy atom. The molecule has 120 valence electrons. The molecule has 2 aromatic rings. The van der Waals surface area contributed by atoms with E-state index in [-0.39, 0.29) is 12.0 Å². The van der Waals surface area contributed by atoms with Crippen LogP contribution >= 0.6 is 0 Å². The second-order valence-electron chi connectivity index (χ2n) is 5.94. The zero-order valence-electron chi connectivity index (χ0n) is 13.4. The molecular weight excluding hydrogens is 288 g/mol. The summed E-state index contributed by atoms with van der Waals surface area (Å²) in [6, 6.07) is 14.0. The van der Waals surface area contributed by atoms with E-state index in [1.165, 1.54) is 5.56 Å². The lowest BCUT2D eigenvalue weighted by Gasteiger charge is -2.26. The highest BCUT2D eigenvalue weighted by molar-refractivity contribution is 5.81. The number of carbonyl (C=O) groups is 1. The fraction of sp³-hybridized carbons (Fsp3) is 0.368. The molecule has 0 unspecified atom stereocenters. The highest BCUT2D eigenvalue weighted by Gasteiger charge is 2.28. The molecule has 1 aliphatic rings. The Morgan fingerprint density at radius 3 is 2.74 bits per heavy atom. The molecule has 1 aliphatic heterocycles. The van der Waals surface area contributed by atoms with E-state index in [9.17, 15) is 4.79 Å². The molecule has 1 amide bonds. The van der Waals surface area contributed by atoms with Gasteiger partial charge in [-0.1, -0.05) is 30.3 Å². The van der Waals surface area contributed by atoms with Gasteiger partial charge in [0.1, 0.15) is 6.10 Å². The van der Waals surface area contributed by atoms with E-state index >= 15 is 0 Å². The number of ether oxygens (including phenoxy) is 1. The normalized spacial score (nSPS) is 17.2. The molecule has 0 saturated carbocycles. The smallest absolute Gasteiger partial charge is 0.252 e. The Bertz CT molecular complexity index is 651. The predicted molar refractivity (Wildman–Crippen MR) is 88.6 cm³/mol. The fourth-order valence-corrected chi connectivity index (χ4v) is 2.87. The first-order valence-corrected chi connectivity index (χ1v) is 8.09. The van der Waals surface area contributed by atoms with Crippen LogP contribution in [0.2, 0.25) is 0 Å². The van der Waals surface area contributed by atoms with Crippen LogP contribution in [0.15, 0.2) is 48.7 Å². The molecule has 3 rings (SSSR count). The van der Waals surface area contributed by atoms with E-state index < -0.39 is 0 Å². The number of rotatable bonds is 5. The summed E-state index contributed by atoms with van der Waals surface area (Å²) >= 11 is 0. The minimum atomic E-state index is -0.303. The maximum Gasteiger partial charge on any atom is 0.252 e. The number of hydrogen-bond acceptors (Lipinski definition) is 3. The molecule has 0 bridgehead atoms. The molecule has 1 saturated heterocycles. The Hall–Kier alpha value is -2.20. The lowest BCUT2D eigenvalue weighted by atomic mass is 10.1. The highest BCUT2D eigenvalue weighted by atomic mass is 16.5. The first-order chi connectivity index (χ1) is 11.2. The molecule has 23 heavy (non-hydrogen) atoms. The van der Waals surface area contributed by atoms with Crippen LogP contribution in [0.25, 0.3) is 0 Å². The van der Waals surface area contributed by atoms with Gasteiger partial charge in [0, 0.05) is 19.3 Å². The fourth-order valence-electron chi connectivity index (χ4n) is 2.87. The molecule has 1 atom stereocenters. The van der Waals surface area contributed by atoms with Crippen LogP contribution in [0.5, 0.6) is 0 Å². The zero-order chi connectivity index (χ0) is 16.1. The average molecular weight is 310 g/mol. The van der Waals surface area contributed by atoms with E-state index in [0.29, 0.717) is 19.7 Å². The summed E-state index contributed by atoms with van der Waals surface area (Å²) in [6.07, 6.45) is 3.23. The van der Waals surface area contributed by atoms with Crippen molar-refractivity contribution in [1.82, 2.24) is 9.88 Å². The molecule has 0 N–H and O–H groups in total. The van der Waals surface area contributed by atoms with E-state index in [1.54, 1.807) is 6.20 Å². The number of hydrogen-bond donors (Lipinski definition) is 0. The molecule has 4 nitrogen and oxygen atoms in total. The van der Waals surface area contributed by atoms with Crippen molar-refractivity contribution in [2.45, 2.75) is 39.0 Å². The summed E-state index contributed by atoms with van der Waals surface area (Å²) in [6.45, 7) is 3.85. The van der Waals surface area contributed by atoms with Crippen LogP contribution in [0.1, 0.15) is 29.7 Å². The summed E-state index contributed by atoms with van der Waals surface area (Å²) in [5.74, 6) is 0.0661. The van der Waals surface area contributed by atoms with Crippen molar-refractivity contribution in [3.63, 3.8) is 0 Å². The minimum absolute atomic E-state index is 0.0661. The van der Waals surface area contributed by atoms with Crippen molar-refractivity contribution in [2.75, 3.05) is 6.61 Å². The highest BCUT2D eigenvalue weighted by Crippen LogP contribution is 2.19. The van der Waals surface area contributed by atoms with Crippen LogP contribution in [0.3, 0.4) is 0 Å². The molecule has 0 aliphatic carbocycles. The Labute approximate surface area is 137 Å². The number of aryl methyl sites for hydroxylation is 1. The third-order valence-electron chi connectivity index (χ3n) is 4.22. The third kappa shape index (κ3) is 3.96. The van der Waals surface area contributed by atoms with Crippen LogP contribution in [0.4, 0.5) is 0 Å². The van der Waals surface area contributed by atoms with Crippen molar-refractivity contribution in [3.8, 4) is 0 Å². The summed E-state index contributed by atoms with van der Waals surface area (Å²) in [5.41, 5.74) is 3.25. The largest absolute Gasteiger partial charge is 0.368 e.